The molecular formula is C15H21NO7S. The van der Waals surface area contributed by atoms with Gasteiger partial charge in [0.25, 0.3) is 0 Å². The number of rotatable bonds is 9. The average Bonchev–Trinajstić information content (AvgIpc) is 2.51. The van der Waals surface area contributed by atoms with Crippen LogP contribution in [0.25, 0.3) is 0 Å². The van der Waals surface area contributed by atoms with Gasteiger partial charge in [0.15, 0.2) is 6.61 Å². The van der Waals surface area contributed by atoms with Crippen LogP contribution >= 0.6 is 0 Å². The van der Waals surface area contributed by atoms with Gasteiger partial charge in [-0.15, -0.1) is 0 Å². The monoisotopic (exact) mass is 359 g/mol. The Balaban J connectivity index is 2.83. The molecule has 0 saturated carbocycles. The van der Waals surface area contributed by atoms with Crippen LogP contribution in [0.5, 0.6) is 5.75 Å². The van der Waals surface area contributed by atoms with Gasteiger partial charge in [0.1, 0.15) is 11.8 Å². The Hall–Kier alpha value is -2.13. The molecule has 134 valence electrons. The Bertz CT molecular complexity index is 668. The second-order valence-corrected chi connectivity index (χ2v) is 7.19. The largest absolute Gasteiger partial charge is 0.482 e. The number of hydrogen-bond donors (Lipinski definition) is 2. The van der Waals surface area contributed by atoms with Crippen LogP contribution in [-0.2, 0) is 24.3 Å². The number of methoxy groups -OCH3 is 1. The van der Waals surface area contributed by atoms with Gasteiger partial charge in [-0.05, 0) is 36.6 Å². The van der Waals surface area contributed by atoms with Gasteiger partial charge in [0.2, 0.25) is 10.0 Å². The molecule has 0 unspecified atom stereocenters. The summed E-state index contributed by atoms with van der Waals surface area (Å²) in [5.41, 5.74) is 0. The lowest BCUT2D eigenvalue weighted by Gasteiger charge is -2.16. The SMILES string of the molecule is COC(=O)COc1ccc(S(=O)(=O)N[C@@H](CC(C)C)C(=O)O)cc1. The van der Waals surface area contributed by atoms with E-state index in [1.807, 2.05) is 0 Å². The van der Waals surface area contributed by atoms with Crippen LogP contribution in [0.2, 0.25) is 0 Å². The van der Waals surface area contributed by atoms with Crippen molar-refractivity contribution in [1.82, 2.24) is 4.72 Å². The maximum Gasteiger partial charge on any atom is 0.343 e. The fourth-order valence-corrected chi connectivity index (χ4v) is 3.04. The first kappa shape index (κ1) is 19.9. The maximum atomic E-state index is 12.3. The highest BCUT2D eigenvalue weighted by Gasteiger charge is 2.26. The summed E-state index contributed by atoms with van der Waals surface area (Å²) in [5, 5.41) is 9.13. The zero-order valence-electron chi connectivity index (χ0n) is 13.7. The van der Waals surface area contributed by atoms with Crippen molar-refractivity contribution in [1.29, 1.82) is 0 Å². The van der Waals surface area contributed by atoms with E-state index in [-0.39, 0.29) is 29.6 Å². The summed E-state index contributed by atoms with van der Waals surface area (Å²) in [4.78, 5) is 22.1. The third kappa shape index (κ3) is 6.17. The van der Waals surface area contributed by atoms with E-state index in [9.17, 15) is 18.0 Å². The summed E-state index contributed by atoms with van der Waals surface area (Å²) in [7, 11) is -2.76. The fourth-order valence-electron chi connectivity index (χ4n) is 1.84. The molecule has 0 aromatic heterocycles. The van der Waals surface area contributed by atoms with E-state index in [0.29, 0.717) is 0 Å². The minimum Gasteiger partial charge on any atom is -0.482 e. The number of carboxylic acids is 1. The first-order valence-electron chi connectivity index (χ1n) is 7.20. The number of ether oxygens (including phenoxy) is 2. The molecule has 8 nitrogen and oxygen atoms in total. The Labute approximate surface area is 140 Å². The van der Waals surface area contributed by atoms with Crippen LogP contribution in [0.1, 0.15) is 20.3 Å². The molecule has 1 rings (SSSR count). The van der Waals surface area contributed by atoms with Gasteiger partial charge in [0, 0.05) is 0 Å². The molecular weight excluding hydrogens is 338 g/mol. The number of carbonyl (C=O) groups excluding carboxylic acids is 1. The molecule has 0 fully saturated rings. The van der Waals surface area contributed by atoms with Gasteiger partial charge in [-0.1, -0.05) is 13.8 Å². The van der Waals surface area contributed by atoms with E-state index >= 15 is 0 Å². The smallest absolute Gasteiger partial charge is 0.343 e. The van der Waals surface area contributed by atoms with Crippen LogP contribution in [0.3, 0.4) is 0 Å². The topological polar surface area (TPSA) is 119 Å². The minimum absolute atomic E-state index is 0.0166. The molecule has 0 aliphatic carbocycles. The second kappa shape index (κ2) is 8.65. The van der Waals surface area contributed by atoms with Crippen molar-refractivity contribution in [2.24, 2.45) is 5.92 Å². The molecule has 9 heteroatoms. The minimum atomic E-state index is -3.98. The molecule has 0 heterocycles. The number of aliphatic carboxylic acids is 1. The zero-order valence-corrected chi connectivity index (χ0v) is 14.5. The first-order valence-corrected chi connectivity index (χ1v) is 8.69. The van der Waals surface area contributed by atoms with Crippen molar-refractivity contribution in [3.63, 3.8) is 0 Å². The molecule has 24 heavy (non-hydrogen) atoms. The quantitative estimate of drug-likeness (QED) is 0.632. The predicted molar refractivity (Wildman–Crippen MR) is 85.2 cm³/mol. The highest BCUT2D eigenvalue weighted by Crippen LogP contribution is 2.17. The summed E-state index contributed by atoms with van der Waals surface area (Å²) in [6.07, 6.45) is 0.175. The van der Waals surface area contributed by atoms with Gasteiger partial charge in [0.05, 0.1) is 12.0 Å². The highest BCUT2D eigenvalue weighted by molar-refractivity contribution is 7.89. The standard InChI is InChI=1S/C15H21NO7S/c1-10(2)8-13(15(18)19)16-24(20,21)12-6-4-11(5-7-12)23-9-14(17)22-3/h4-7,10,13,16H,8-9H2,1-3H3,(H,18,19)/t13-/m0/s1. The van der Waals surface area contributed by atoms with E-state index in [2.05, 4.69) is 9.46 Å². The van der Waals surface area contributed by atoms with Crippen molar-refractivity contribution < 1.29 is 32.6 Å². The van der Waals surface area contributed by atoms with Crippen LogP contribution < -0.4 is 9.46 Å². The lowest BCUT2D eigenvalue weighted by atomic mass is 10.1. The third-order valence-electron chi connectivity index (χ3n) is 3.02. The van der Waals surface area contributed by atoms with E-state index < -0.39 is 28.0 Å². The van der Waals surface area contributed by atoms with E-state index in [1.54, 1.807) is 13.8 Å². The number of carbonyl (C=O) groups is 2. The molecule has 1 atom stereocenters. The summed E-state index contributed by atoms with van der Waals surface area (Å²) in [6, 6.07) is 4.07. The molecule has 0 aliphatic rings. The lowest BCUT2D eigenvalue weighted by molar-refractivity contribution is -0.143. The predicted octanol–water partition coefficient (Wildman–Crippen LogP) is 1.02. The Morgan fingerprint density at radius 2 is 1.79 bits per heavy atom. The Kier molecular flexibility index (Phi) is 7.18. The molecule has 2 N–H and O–H groups in total. The Morgan fingerprint density at radius 1 is 1.21 bits per heavy atom. The second-order valence-electron chi connectivity index (χ2n) is 5.48. The number of sulfonamides is 1. The summed E-state index contributed by atoms with van der Waals surface area (Å²) in [5.74, 6) is -1.49. The van der Waals surface area contributed by atoms with Gasteiger partial charge < -0.3 is 14.6 Å². The average molecular weight is 359 g/mol. The normalized spacial score (nSPS) is 12.7. The zero-order chi connectivity index (χ0) is 18.3. The van der Waals surface area contributed by atoms with E-state index in [0.717, 1.165) is 0 Å². The van der Waals surface area contributed by atoms with E-state index in [1.165, 1.54) is 31.4 Å². The number of benzene rings is 1. The maximum absolute atomic E-state index is 12.3. The lowest BCUT2D eigenvalue weighted by Crippen LogP contribution is -2.41. The van der Waals surface area contributed by atoms with Gasteiger partial charge in [-0.3, -0.25) is 4.79 Å². The summed E-state index contributed by atoms with van der Waals surface area (Å²) in [6.45, 7) is 3.31. The number of hydrogen-bond acceptors (Lipinski definition) is 6. The van der Waals surface area contributed by atoms with Gasteiger partial charge >= 0.3 is 11.9 Å². The molecule has 0 amide bonds. The van der Waals surface area contributed by atoms with Crippen molar-refractivity contribution in [2.45, 2.75) is 31.2 Å². The van der Waals surface area contributed by atoms with Crippen LogP contribution in [0.15, 0.2) is 29.2 Å². The van der Waals surface area contributed by atoms with Crippen LogP contribution in [0.4, 0.5) is 0 Å². The van der Waals surface area contributed by atoms with Crippen molar-refractivity contribution in [3.8, 4) is 5.75 Å². The van der Waals surface area contributed by atoms with Crippen molar-refractivity contribution >= 4 is 22.0 Å². The number of carboxylic acid groups (broad SMARTS) is 1. The highest BCUT2D eigenvalue weighted by atomic mass is 32.2. The molecule has 0 bridgehead atoms. The molecule has 1 aromatic rings. The third-order valence-corrected chi connectivity index (χ3v) is 4.51. The molecule has 0 aliphatic heterocycles. The van der Waals surface area contributed by atoms with Crippen molar-refractivity contribution in [3.05, 3.63) is 24.3 Å². The number of esters is 1. The Morgan fingerprint density at radius 3 is 2.25 bits per heavy atom. The molecule has 0 saturated heterocycles. The van der Waals surface area contributed by atoms with E-state index in [4.69, 9.17) is 9.84 Å². The van der Waals surface area contributed by atoms with Gasteiger partial charge in [-0.2, -0.15) is 4.72 Å². The van der Waals surface area contributed by atoms with Crippen LogP contribution in [-0.4, -0.2) is 45.2 Å². The fraction of sp³-hybridized carbons (Fsp3) is 0.467. The first-order chi connectivity index (χ1) is 11.2. The summed E-state index contributed by atoms with van der Waals surface area (Å²) >= 11 is 0. The molecule has 0 spiro atoms. The van der Waals surface area contributed by atoms with Crippen LogP contribution in [0, 0.1) is 5.92 Å². The summed E-state index contributed by atoms with van der Waals surface area (Å²) < 4.78 is 36.2. The molecule has 1 aromatic carbocycles. The van der Waals surface area contributed by atoms with Gasteiger partial charge in [-0.25, -0.2) is 13.2 Å². The number of nitrogens with one attached hydrogen (secondary N) is 1. The molecule has 0 radical (unpaired) electrons. The van der Waals surface area contributed by atoms with Crippen molar-refractivity contribution in [2.75, 3.05) is 13.7 Å².